The van der Waals surface area contributed by atoms with Gasteiger partial charge in [-0.3, -0.25) is 14.7 Å². The Hall–Kier alpha value is -0.940. The fraction of sp³-hybridized carbons (Fsp3) is 0.714. The Morgan fingerprint density at radius 1 is 1.04 bits per heavy atom. The number of benzene rings is 1. The van der Waals surface area contributed by atoms with Gasteiger partial charge in [0, 0.05) is 50.9 Å². The van der Waals surface area contributed by atoms with Gasteiger partial charge in [0.25, 0.3) is 0 Å². The van der Waals surface area contributed by atoms with Gasteiger partial charge >= 0.3 is 0 Å². The molecular weight excluding hydrogens is 310 g/mol. The highest BCUT2D eigenvalue weighted by molar-refractivity contribution is 5.14. The van der Waals surface area contributed by atoms with E-state index >= 15 is 0 Å². The number of piperazine rings is 1. The van der Waals surface area contributed by atoms with Crippen molar-refractivity contribution in [3.05, 3.63) is 35.9 Å². The highest BCUT2D eigenvalue weighted by atomic mass is 16.3. The van der Waals surface area contributed by atoms with E-state index in [1.54, 1.807) is 0 Å². The van der Waals surface area contributed by atoms with Crippen molar-refractivity contribution >= 4 is 0 Å². The molecule has 0 saturated carbocycles. The zero-order valence-corrected chi connectivity index (χ0v) is 16.0. The van der Waals surface area contributed by atoms with Crippen molar-refractivity contribution < 1.29 is 5.11 Å². The molecule has 3 rings (SSSR count). The van der Waals surface area contributed by atoms with Crippen molar-refractivity contribution in [2.75, 3.05) is 39.3 Å². The largest absolute Gasteiger partial charge is 0.396 e. The lowest BCUT2D eigenvalue weighted by Gasteiger charge is -2.48. The molecule has 4 nitrogen and oxygen atoms in total. The minimum Gasteiger partial charge on any atom is -0.396 e. The van der Waals surface area contributed by atoms with Gasteiger partial charge in [-0.25, -0.2) is 0 Å². The zero-order chi connectivity index (χ0) is 17.6. The summed E-state index contributed by atoms with van der Waals surface area (Å²) < 4.78 is 0. The number of aliphatic hydroxyl groups is 1. The summed E-state index contributed by atoms with van der Waals surface area (Å²) in [6, 6.07) is 12.6. The quantitative estimate of drug-likeness (QED) is 0.858. The predicted octanol–water partition coefficient (Wildman–Crippen LogP) is 2.43. The Morgan fingerprint density at radius 2 is 1.76 bits per heavy atom. The molecule has 1 aromatic carbocycles. The van der Waals surface area contributed by atoms with E-state index in [4.69, 9.17) is 0 Å². The van der Waals surface area contributed by atoms with Crippen LogP contribution in [0.4, 0.5) is 0 Å². The summed E-state index contributed by atoms with van der Waals surface area (Å²) in [5.41, 5.74) is 1.43. The summed E-state index contributed by atoms with van der Waals surface area (Å²) in [6.45, 7) is 11.8. The first-order valence-electron chi connectivity index (χ1n) is 10.0. The van der Waals surface area contributed by atoms with Crippen LogP contribution in [0.5, 0.6) is 0 Å². The molecule has 1 aromatic rings. The Kier molecular flexibility index (Phi) is 6.88. The van der Waals surface area contributed by atoms with E-state index < -0.39 is 0 Å². The van der Waals surface area contributed by atoms with Crippen molar-refractivity contribution in [2.24, 2.45) is 0 Å². The van der Waals surface area contributed by atoms with Gasteiger partial charge in [0.05, 0.1) is 0 Å². The van der Waals surface area contributed by atoms with Crippen LogP contribution < -0.4 is 0 Å². The van der Waals surface area contributed by atoms with Gasteiger partial charge in [-0.2, -0.15) is 0 Å². The van der Waals surface area contributed by atoms with E-state index in [0.29, 0.717) is 18.7 Å². The molecule has 0 aromatic heterocycles. The van der Waals surface area contributed by atoms with E-state index in [0.717, 1.165) is 32.1 Å². The monoisotopic (exact) mass is 345 g/mol. The highest BCUT2D eigenvalue weighted by Crippen LogP contribution is 2.23. The molecule has 1 atom stereocenters. The molecule has 0 aliphatic carbocycles. The summed E-state index contributed by atoms with van der Waals surface area (Å²) in [6.07, 6.45) is 3.46. The lowest BCUT2D eigenvalue weighted by molar-refractivity contribution is 0.00244. The number of hydrogen-bond acceptors (Lipinski definition) is 4. The molecule has 2 saturated heterocycles. The minimum absolute atomic E-state index is 0.303. The number of rotatable bonds is 6. The summed E-state index contributed by atoms with van der Waals surface area (Å²) >= 11 is 0. The van der Waals surface area contributed by atoms with E-state index in [1.165, 1.54) is 38.0 Å². The second kappa shape index (κ2) is 9.13. The number of nitrogens with zero attached hydrogens (tertiary/aromatic N) is 3. The van der Waals surface area contributed by atoms with Crippen LogP contribution >= 0.6 is 0 Å². The van der Waals surface area contributed by atoms with Crippen molar-refractivity contribution in [2.45, 2.75) is 57.8 Å². The maximum absolute atomic E-state index is 9.44. The van der Waals surface area contributed by atoms with Gasteiger partial charge in [-0.15, -0.1) is 0 Å². The molecule has 0 unspecified atom stereocenters. The van der Waals surface area contributed by atoms with Gasteiger partial charge in [0.15, 0.2) is 0 Å². The van der Waals surface area contributed by atoms with Crippen molar-refractivity contribution in [1.29, 1.82) is 0 Å². The van der Waals surface area contributed by atoms with E-state index in [-0.39, 0.29) is 0 Å². The Balaban J connectivity index is 1.49. The van der Waals surface area contributed by atoms with E-state index in [9.17, 15) is 5.11 Å². The van der Waals surface area contributed by atoms with Gasteiger partial charge in [0.1, 0.15) is 0 Å². The molecule has 140 valence electrons. The number of likely N-dealkylation sites (tertiary alicyclic amines) is 1. The first-order chi connectivity index (χ1) is 12.2. The normalized spacial score (nSPS) is 24.9. The van der Waals surface area contributed by atoms with Gasteiger partial charge in [0.2, 0.25) is 0 Å². The number of hydrogen-bond donors (Lipinski definition) is 1. The second-order valence-electron chi connectivity index (χ2n) is 7.99. The van der Waals surface area contributed by atoms with Crippen molar-refractivity contribution in [3.63, 3.8) is 0 Å². The predicted molar refractivity (Wildman–Crippen MR) is 104 cm³/mol. The number of piperidine rings is 1. The van der Waals surface area contributed by atoms with Gasteiger partial charge in [-0.05, 0) is 51.8 Å². The Labute approximate surface area is 153 Å². The molecule has 2 aliphatic heterocycles. The summed E-state index contributed by atoms with van der Waals surface area (Å²) in [5.74, 6) is 0. The topological polar surface area (TPSA) is 30.0 Å². The van der Waals surface area contributed by atoms with Crippen LogP contribution in [0, 0.1) is 0 Å². The van der Waals surface area contributed by atoms with Crippen LogP contribution in [0.15, 0.2) is 30.3 Å². The van der Waals surface area contributed by atoms with E-state index in [1.807, 2.05) is 0 Å². The summed E-state index contributed by atoms with van der Waals surface area (Å²) in [5, 5.41) is 9.44. The second-order valence-corrected chi connectivity index (χ2v) is 7.99. The highest BCUT2D eigenvalue weighted by Gasteiger charge is 2.33. The van der Waals surface area contributed by atoms with Gasteiger partial charge < -0.3 is 5.11 Å². The van der Waals surface area contributed by atoms with Crippen molar-refractivity contribution in [3.8, 4) is 0 Å². The standard InChI is InChI=1S/C21H35N3O/c1-18(2)24-14-13-23(17-21(24)10-15-25)20-8-11-22(12-9-20)16-19-6-4-3-5-7-19/h3-7,18,20-21,25H,8-17H2,1-2H3/t21-/m0/s1. The Morgan fingerprint density at radius 3 is 2.40 bits per heavy atom. The van der Waals surface area contributed by atoms with Crippen molar-refractivity contribution in [1.82, 2.24) is 14.7 Å². The molecular formula is C21H35N3O. The molecule has 2 fully saturated rings. The Bertz CT molecular complexity index is 499. The molecule has 0 spiro atoms. The molecule has 1 N–H and O–H groups in total. The fourth-order valence-corrected chi connectivity index (χ4v) is 4.60. The maximum atomic E-state index is 9.44. The molecule has 2 aliphatic rings. The molecule has 25 heavy (non-hydrogen) atoms. The zero-order valence-electron chi connectivity index (χ0n) is 16.0. The molecule has 0 amide bonds. The minimum atomic E-state index is 0.303. The molecule has 2 heterocycles. The summed E-state index contributed by atoms with van der Waals surface area (Å²) in [4.78, 5) is 7.89. The maximum Gasteiger partial charge on any atom is 0.0446 e. The number of aliphatic hydroxyl groups excluding tert-OH is 1. The van der Waals surface area contributed by atoms with Gasteiger partial charge in [-0.1, -0.05) is 30.3 Å². The summed E-state index contributed by atoms with van der Waals surface area (Å²) in [7, 11) is 0. The van der Waals surface area contributed by atoms with Crippen LogP contribution in [0.2, 0.25) is 0 Å². The average Bonchev–Trinajstić information content (AvgIpc) is 2.63. The third-order valence-corrected chi connectivity index (χ3v) is 6.01. The molecule has 0 bridgehead atoms. The SMILES string of the molecule is CC(C)N1CCN(C2CCN(Cc3ccccc3)CC2)C[C@@H]1CCO. The third-order valence-electron chi connectivity index (χ3n) is 6.01. The smallest absolute Gasteiger partial charge is 0.0446 e. The third kappa shape index (κ3) is 5.04. The molecule has 0 radical (unpaired) electrons. The molecule has 4 heteroatoms. The first-order valence-corrected chi connectivity index (χ1v) is 10.0. The lowest BCUT2D eigenvalue weighted by Crippen LogP contribution is -2.59. The van der Waals surface area contributed by atoms with Crippen LogP contribution in [-0.4, -0.2) is 77.3 Å². The van der Waals surface area contributed by atoms with Crippen LogP contribution in [0.25, 0.3) is 0 Å². The first kappa shape index (κ1) is 18.8. The van der Waals surface area contributed by atoms with E-state index in [2.05, 4.69) is 58.9 Å². The average molecular weight is 346 g/mol. The fourth-order valence-electron chi connectivity index (χ4n) is 4.60. The van der Waals surface area contributed by atoms with Crippen LogP contribution in [0.1, 0.15) is 38.7 Å². The van der Waals surface area contributed by atoms with Crippen LogP contribution in [-0.2, 0) is 6.54 Å². The lowest BCUT2D eigenvalue weighted by atomic mass is 9.98. The van der Waals surface area contributed by atoms with Crippen LogP contribution in [0.3, 0.4) is 0 Å².